The van der Waals surface area contributed by atoms with Crippen molar-refractivity contribution in [2.45, 2.75) is 26.4 Å². The summed E-state index contributed by atoms with van der Waals surface area (Å²) in [7, 11) is 0. The maximum absolute atomic E-state index is 13.1. The van der Waals surface area contributed by atoms with E-state index in [1.807, 2.05) is 92.7 Å². The largest absolute Gasteiger partial charge is 0.480 e. The highest BCUT2D eigenvalue weighted by Crippen LogP contribution is 2.23. The van der Waals surface area contributed by atoms with Crippen molar-refractivity contribution < 1.29 is 14.3 Å². The second kappa shape index (κ2) is 11.7. The second-order valence-electron chi connectivity index (χ2n) is 8.34. The number of rotatable bonds is 9. The Morgan fingerprint density at radius 3 is 2.06 bits per heavy atom. The van der Waals surface area contributed by atoms with Crippen molar-refractivity contribution >= 4 is 34.6 Å². The van der Waals surface area contributed by atoms with Crippen LogP contribution in [0.25, 0.3) is 0 Å². The van der Waals surface area contributed by atoms with Gasteiger partial charge in [-0.05, 0) is 73.5 Å². The molecule has 0 aliphatic heterocycles. The first kappa shape index (κ1) is 24.5. The predicted octanol–water partition coefficient (Wildman–Crippen LogP) is 6.79. The first-order valence-electron chi connectivity index (χ1n) is 11.9. The highest BCUT2D eigenvalue weighted by atomic mass is 16.5. The highest BCUT2D eigenvalue weighted by Gasteiger charge is 2.21. The van der Waals surface area contributed by atoms with Gasteiger partial charge in [0.2, 0.25) is 0 Å². The smallest absolute Gasteiger partial charge is 0.265 e. The van der Waals surface area contributed by atoms with Crippen molar-refractivity contribution in [2.24, 2.45) is 0 Å². The number of carbonyl (C=O) groups excluding carboxylic acids is 2. The van der Waals surface area contributed by atoms with Gasteiger partial charge in [-0.3, -0.25) is 9.59 Å². The van der Waals surface area contributed by atoms with Crippen molar-refractivity contribution in [2.75, 3.05) is 16.0 Å². The monoisotopic (exact) mass is 479 g/mol. The average molecular weight is 480 g/mol. The van der Waals surface area contributed by atoms with Gasteiger partial charge in [-0.25, -0.2) is 0 Å². The summed E-state index contributed by atoms with van der Waals surface area (Å²) in [4.78, 5) is 26.1. The topological polar surface area (TPSA) is 79.5 Å². The average Bonchev–Trinajstić information content (AvgIpc) is 2.90. The van der Waals surface area contributed by atoms with Gasteiger partial charge in [0.1, 0.15) is 5.75 Å². The molecule has 0 radical (unpaired) electrons. The number of carbonyl (C=O) groups is 2. The van der Waals surface area contributed by atoms with Gasteiger partial charge in [-0.15, -0.1) is 0 Å². The number of nitrogens with one attached hydrogen (secondary N) is 3. The summed E-state index contributed by atoms with van der Waals surface area (Å²) in [6, 6.07) is 31.8. The Kier molecular flexibility index (Phi) is 7.98. The van der Waals surface area contributed by atoms with Crippen LogP contribution in [0.3, 0.4) is 0 Å². The van der Waals surface area contributed by atoms with Gasteiger partial charge in [0.15, 0.2) is 6.10 Å². The SMILES string of the molecule is CCC(Oc1ccccc1C)C(=O)Nc1ccccc1C(=O)Nc1ccc(Nc2ccccc2)cc1. The van der Waals surface area contributed by atoms with E-state index in [4.69, 9.17) is 4.74 Å². The molecule has 4 aromatic rings. The molecule has 4 aromatic carbocycles. The molecule has 0 saturated carbocycles. The fourth-order valence-corrected chi connectivity index (χ4v) is 3.69. The lowest BCUT2D eigenvalue weighted by molar-refractivity contribution is -0.122. The van der Waals surface area contributed by atoms with E-state index in [1.54, 1.807) is 24.3 Å². The van der Waals surface area contributed by atoms with Gasteiger partial charge in [0.05, 0.1) is 11.3 Å². The number of aryl methyl sites for hydroxylation is 1. The minimum absolute atomic E-state index is 0.308. The molecule has 4 rings (SSSR count). The van der Waals surface area contributed by atoms with Gasteiger partial charge in [0.25, 0.3) is 11.8 Å². The van der Waals surface area contributed by atoms with Crippen molar-refractivity contribution in [1.82, 2.24) is 0 Å². The molecule has 0 fully saturated rings. The third kappa shape index (κ3) is 6.30. The Bertz CT molecular complexity index is 1320. The van der Waals surface area contributed by atoms with Crippen molar-refractivity contribution in [3.63, 3.8) is 0 Å². The molecule has 1 atom stereocenters. The number of hydrogen-bond acceptors (Lipinski definition) is 4. The second-order valence-corrected chi connectivity index (χ2v) is 8.34. The minimum atomic E-state index is -0.688. The number of anilines is 4. The molecule has 3 N–H and O–H groups in total. The number of amides is 2. The van der Waals surface area contributed by atoms with E-state index in [2.05, 4.69) is 16.0 Å². The van der Waals surface area contributed by atoms with Gasteiger partial charge < -0.3 is 20.7 Å². The molecule has 1 unspecified atom stereocenters. The van der Waals surface area contributed by atoms with E-state index >= 15 is 0 Å². The third-order valence-corrected chi connectivity index (χ3v) is 5.66. The van der Waals surface area contributed by atoms with Crippen LogP contribution in [0.4, 0.5) is 22.7 Å². The molecule has 0 saturated heterocycles. The minimum Gasteiger partial charge on any atom is -0.480 e. The number of ether oxygens (including phenoxy) is 1. The molecule has 0 aliphatic rings. The Morgan fingerprint density at radius 1 is 0.722 bits per heavy atom. The fraction of sp³-hybridized carbons (Fsp3) is 0.133. The lowest BCUT2D eigenvalue weighted by Crippen LogP contribution is -2.33. The van der Waals surface area contributed by atoms with Crippen LogP contribution in [0.1, 0.15) is 29.3 Å². The number of benzene rings is 4. The lowest BCUT2D eigenvalue weighted by Gasteiger charge is -2.19. The van der Waals surface area contributed by atoms with Crippen LogP contribution in [0, 0.1) is 6.92 Å². The zero-order valence-electron chi connectivity index (χ0n) is 20.3. The van der Waals surface area contributed by atoms with Crippen LogP contribution in [0.5, 0.6) is 5.75 Å². The summed E-state index contributed by atoms with van der Waals surface area (Å²) in [5.74, 6) is 0.0376. The van der Waals surface area contributed by atoms with Crippen LogP contribution in [0.2, 0.25) is 0 Å². The first-order valence-corrected chi connectivity index (χ1v) is 11.9. The molecule has 0 heterocycles. The van der Waals surface area contributed by atoms with E-state index in [-0.39, 0.29) is 11.8 Å². The summed E-state index contributed by atoms with van der Waals surface area (Å²) < 4.78 is 5.96. The summed E-state index contributed by atoms with van der Waals surface area (Å²) in [6.45, 7) is 3.82. The molecule has 6 nitrogen and oxygen atoms in total. The Morgan fingerprint density at radius 2 is 1.33 bits per heavy atom. The maximum Gasteiger partial charge on any atom is 0.265 e. The Balaban J connectivity index is 1.42. The van der Waals surface area contributed by atoms with Gasteiger partial charge in [0, 0.05) is 17.1 Å². The standard InChI is InChI=1S/C30H29N3O3/c1-3-27(36-28-16-10-7-11-21(28)2)30(35)33-26-15-9-8-14-25(26)29(34)32-24-19-17-23(18-20-24)31-22-12-5-4-6-13-22/h4-20,27,31H,3H2,1-2H3,(H,32,34)(H,33,35). The molecule has 0 spiro atoms. The van der Waals surface area contributed by atoms with E-state index in [0.29, 0.717) is 29.1 Å². The molecule has 182 valence electrons. The van der Waals surface area contributed by atoms with E-state index in [1.165, 1.54) is 0 Å². The summed E-state index contributed by atoms with van der Waals surface area (Å²) in [5, 5.41) is 9.09. The Labute approximate surface area is 211 Å². The normalized spacial score (nSPS) is 11.3. The van der Waals surface area contributed by atoms with Crippen LogP contribution in [-0.4, -0.2) is 17.9 Å². The van der Waals surface area contributed by atoms with E-state index in [9.17, 15) is 9.59 Å². The molecular weight excluding hydrogens is 450 g/mol. The predicted molar refractivity (Wildman–Crippen MR) is 145 cm³/mol. The maximum atomic E-state index is 13.1. The van der Waals surface area contributed by atoms with Crippen LogP contribution in [0.15, 0.2) is 103 Å². The lowest BCUT2D eigenvalue weighted by atomic mass is 10.1. The Hall–Kier alpha value is -4.58. The molecule has 6 heteroatoms. The van der Waals surface area contributed by atoms with Crippen LogP contribution >= 0.6 is 0 Å². The van der Waals surface area contributed by atoms with Gasteiger partial charge in [-0.2, -0.15) is 0 Å². The number of hydrogen-bond donors (Lipinski definition) is 3. The van der Waals surface area contributed by atoms with Crippen LogP contribution < -0.4 is 20.7 Å². The van der Waals surface area contributed by atoms with Crippen molar-refractivity contribution in [3.8, 4) is 5.75 Å². The third-order valence-electron chi connectivity index (χ3n) is 5.66. The van der Waals surface area contributed by atoms with Crippen LogP contribution in [-0.2, 0) is 4.79 Å². The molecule has 0 aliphatic carbocycles. The molecule has 2 amide bonds. The fourth-order valence-electron chi connectivity index (χ4n) is 3.69. The van der Waals surface area contributed by atoms with E-state index < -0.39 is 6.10 Å². The highest BCUT2D eigenvalue weighted by molar-refractivity contribution is 6.10. The van der Waals surface area contributed by atoms with Gasteiger partial charge in [-0.1, -0.05) is 55.5 Å². The summed E-state index contributed by atoms with van der Waals surface area (Å²) in [6.07, 6.45) is -0.204. The quantitative estimate of drug-likeness (QED) is 0.247. The molecule has 36 heavy (non-hydrogen) atoms. The zero-order valence-corrected chi connectivity index (χ0v) is 20.3. The van der Waals surface area contributed by atoms with Gasteiger partial charge >= 0.3 is 0 Å². The zero-order chi connectivity index (χ0) is 25.3. The first-order chi connectivity index (χ1) is 17.5. The summed E-state index contributed by atoms with van der Waals surface area (Å²) >= 11 is 0. The molecule has 0 aromatic heterocycles. The van der Waals surface area contributed by atoms with Crippen molar-refractivity contribution in [3.05, 3.63) is 114 Å². The van der Waals surface area contributed by atoms with E-state index in [0.717, 1.165) is 16.9 Å². The van der Waals surface area contributed by atoms with Crippen molar-refractivity contribution in [1.29, 1.82) is 0 Å². The molecular formula is C30H29N3O3. The number of para-hydroxylation sites is 3. The molecule has 0 bridgehead atoms. The summed E-state index contributed by atoms with van der Waals surface area (Å²) in [5.41, 5.74) is 4.28.